The van der Waals surface area contributed by atoms with Crippen LogP contribution in [-0.2, 0) is 16.1 Å². The number of carbonyl (C=O) groups excluding carboxylic acids is 4. The zero-order valence-electron chi connectivity index (χ0n) is 36.3. The summed E-state index contributed by atoms with van der Waals surface area (Å²) in [6, 6.07) is 33.6. The molecule has 0 radical (unpaired) electrons. The summed E-state index contributed by atoms with van der Waals surface area (Å²) in [5.41, 5.74) is 12.0. The Morgan fingerprint density at radius 1 is 0.781 bits per heavy atom. The van der Waals surface area contributed by atoms with Gasteiger partial charge in [0.15, 0.2) is 0 Å². The second kappa shape index (κ2) is 18.9. The largest absolute Gasteiger partial charge is 0.457 e. The predicted octanol–water partition coefficient (Wildman–Crippen LogP) is 6.33. The quantitative estimate of drug-likeness (QED) is 0.122. The number of imide groups is 1. The number of nitrogens with zero attached hydrogens (tertiary/aromatic N) is 7. The second-order valence-corrected chi connectivity index (χ2v) is 17.2. The lowest BCUT2D eigenvalue weighted by molar-refractivity contribution is -0.133. The summed E-state index contributed by atoms with van der Waals surface area (Å²) in [6.07, 6.45) is 3.38. The number of primary amides is 1. The third-order valence-electron chi connectivity index (χ3n) is 13.0. The molecule has 3 saturated heterocycles. The summed E-state index contributed by atoms with van der Waals surface area (Å²) in [5.74, 6) is 1.85. The van der Waals surface area contributed by atoms with Gasteiger partial charge in [-0.3, -0.25) is 24.6 Å². The van der Waals surface area contributed by atoms with Crippen molar-refractivity contribution >= 4 is 46.6 Å². The summed E-state index contributed by atoms with van der Waals surface area (Å²) < 4.78 is 7.95. The Labute approximate surface area is 373 Å². The van der Waals surface area contributed by atoms with Crippen LogP contribution in [0.4, 0.5) is 27.7 Å². The van der Waals surface area contributed by atoms with Gasteiger partial charge >= 0.3 is 6.03 Å². The van der Waals surface area contributed by atoms with Crippen molar-refractivity contribution in [2.24, 2.45) is 11.7 Å². The molecule has 0 unspecified atom stereocenters. The molecule has 0 saturated carbocycles. The average molecular weight is 865 g/mol. The molecule has 4 aliphatic rings. The van der Waals surface area contributed by atoms with Crippen LogP contribution >= 0.6 is 0 Å². The van der Waals surface area contributed by atoms with E-state index >= 15 is 0 Å². The molecule has 332 valence electrons. The van der Waals surface area contributed by atoms with Crippen LogP contribution in [0.25, 0.3) is 11.3 Å². The van der Waals surface area contributed by atoms with E-state index in [1.165, 1.54) is 11.3 Å². The monoisotopic (exact) mass is 864 g/mol. The number of hydrogen-bond acceptors (Lipinski definition) is 10. The molecule has 4 N–H and O–H groups in total. The minimum absolute atomic E-state index is 0.0954. The standard InChI is InChI=1S/C49H56N10O5/c1-54(33-34-10-14-37(15-11-34)55-28-30-56(31-29-55)38-6-5-7-39(32-38)58-27-21-43(60)52-49(58)63)24-22-44(61)57-25-19-35(20-26-57)42-18-23-51-48-45(47(50)62)46(53-59(42)48)36-12-16-41(17-13-36)64-40-8-3-2-4-9-40/h2-17,32,35,42,51H,18-31,33H2,1H3,(H2,50,62)(H,52,60,63)/t42-/m0/s1. The number of anilines is 4. The lowest BCUT2D eigenvalue weighted by Crippen LogP contribution is -2.49. The highest BCUT2D eigenvalue weighted by Crippen LogP contribution is 2.40. The number of urea groups is 1. The van der Waals surface area contributed by atoms with Crippen LogP contribution in [-0.4, -0.2) is 109 Å². The highest BCUT2D eigenvalue weighted by Gasteiger charge is 2.36. The molecule has 5 amide bonds. The number of para-hydroxylation sites is 1. The maximum absolute atomic E-state index is 13.5. The van der Waals surface area contributed by atoms with E-state index in [1.807, 2.05) is 82.4 Å². The fraction of sp³-hybridized carbons (Fsp3) is 0.367. The summed E-state index contributed by atoms with van der Waals surface area (Å²) in [6.45, 7) is 7.41. The zero-order chi connectivity index (χ0) is 44.2. The number of amides is 5. The Morgan fingerprint density at radius 2 is 1.47 bits per heavy atom. The molecular formula is C49H56N10O5. The number of nitrogens with one attached hydrogen (secondary N) is 2. The van der Waals surface area contributed by atoms with Gasteiger partial charge in [-0.1, -0.05) is 36.4 Å². The fourth-order valence-corrected chi connectivity index (χ4v) is 9.55. The van der Waals surface area contributed by atoms with E-state index in [4.69, 9.17) is 15.6 Å². The van der Waals surface area contributed by atoms with Gasteiger partial charge in [0, 0.05) is 101 Å². The molecule has 4 aromatic carbocycles. The van der Waals surface area contributed by atoms with E-state index in [0.717, 1.165) is 81.2 Å². The SMILES string of the molecule is CN(CCC(=O)N1CCC([C@@H]2CCNc3c(C(N)=O)c(-c4ccc(Oc5ccccc5)cc4)nn32)CC1)Cc1ccc(N2CCN(c3cccc(N4CCC(=O)NC4=O)c3)CC2)cc1. The van der Waals surface area contributed by atoms with Gasteiger partial charge in [0.2, 0.25) is 11.8 Å². The predicted molar refractivity (Wildman–Crippen MR) is 248 cm³/mol. The molecule has 1 atom stereocenters. The zero-order valence-corrected chi connectivity index (χ0v) is 36.3. The number of rotatable bonds is 13. The Bertz CT molecular complexity index is 2460. The van der Waals surface area contributed by atoms with E-state index in [0.29, 0.717) is 67.8 Å². The van der Waals surface area contributed by atoms with Crippen LogP contribution in [0.1, 0.15) is 54.1 Å². The first kappa shape index (κ1) is 42.4. The van der Waals surface area contributed by atoms with Gasteiger partial charge in [0.1, 0.15) is 28.6 Å². The summed E-state index contributed by atoms with van der Waals surface area (Å²) in [7, 11) is 2.07. The Morgan fingerprint density at radius 3 is 2.17 bits per heavy atom. The summed E-state index contributed by atoms with van der Waals surface area (Å²) in [4.78, 5) is 60.9. The minimum Gasteiger partial charge on any atom is -0.457 e. The normalized spacial score (nSPS) is 18.1. The van der Waals surface area contributed by atoms with Gasteiger partial charge in [-0.05, 0) is 105 Å². The third kappa shape index (κ3) is 9.39. The molecular weight excluding hydrogens is 809 g/mol. The van der Waals surface area contributed by atoms with Crippen molar-refractivity contribution in [2.45, 2.75) is 44.7 Å². The molecule has 1 aromatic heterocycles. The second-order valence-electron chi connectivity index (χ2n) is 17.2. The highest BCUT2D eigenvalue weighted by molar-refractivity contribution is 6.06. The van der Waals surface area contributed by atoms with Crippen LogP contribution in [0.3, 0.4) is 0 Å². The molecule has 5 aromatic rings. The number of carbonyl (C=O) groups is 4. The van der Waals surface area contributed by atoms with Gasteiger partial charge in [0.05, 0.1) is 6.04 Å². The highest BCUT2D eigenvalue weighted by atomic mass is 16.5. The molecule has 5 heterocycles. The maximum atomic E-state index is 13.5. The van der Waals surface area contributed by atoms with Crippen LogP contribution < -0.4 is 35.8 Å². The molecule has 0 spiro atoms. The summed E-state index contributed by atoms with van der Waals surface area (Å²) in [5, 5.41) is 10.8. The lowest BCUT2D eigenvalue weighted by atomic mass is 9.86. The van der Waals surface area contributed by atoms with E-state index in [1.54, 1.807) is 4.90 Å². The van der Waals surface area contributed by atoms with Crippen LogP contribution in [0.5, 0.6) is 11.5 Å². The van der Waals surface area contributed by atoms with Crippen molar-refractivity contribution in [3.63, 3.8) is 0 Å². The molecule has 4 aliphatic heterocycles. The number of benzene rings is 4. The number of ether oxygens (including phenoxy) is 1. The van der Waals surface area contributed by atoms with Crippen molar-refractivity contribution in [1.82, 2.24) is 24.9 Å². The van der Waals surface area contributed by atoms with Crippen molar-refractivity contribution < 1.29 is 23.9 Å². The minimum atomic E-state index is -0.518. The number of nitrogens with two attached hydrogens (primary N) is 1. The molecule has 64 heavy (non-hydrogen) atoms. The van der Waals surface area contributed by atoms with Crippen LogP contribution in [0.2, 0.25) is 0 Å². The first-order chi connectivity index (χ1) is 31.2. The number of likely N-dealkylation sites (tertiary alicyclic amines) is 1. The van der Waals surface area contributed by atoms with Crippen molar-refractivity contribution in [3.05, 3.63) is 114 Å². The fourth-order valence-electron chi connectivity index (χ4n) is 9.55. The summed E-state index contributed by atoms with van der Waals surface area (Å²) >= 11 is 0. The number of piperidine rings is 1. The Hall–Kier alpha value is -6.87. The first-order valence-electron chi connectivity index (χ1n) is 22.4. The lowest BCUT2D eigenvalue weighted by Gasteiger charge is -2.38. The van der Waals surface area contributed by atoms with Crippen molar-refractivity contribution in [1.29, 1.82) is 0 Å². The van der Waals surface area contributed by atoms with E-state index in [9.17, 15) is 19.2 Å². The molecule has 0 aliphatic carbocycles. The van der Waals surface area contributed by atoms with Gasteiger partial charge in [-0.15, -0.1) is 0 Å². The van der Waals surface area contributed by atoms with Gasteiger partial charge in [-0.2, -0.15) is 5.10 Å². The molecule has 9 rings (SSSR count). The Kier molecular flexibility index (Phi) is 12.5. The van der Waals surface area contributed by atoms with E-state index in [2.05, 4.69) is 62.7 Å². The smallest absolute Gasteiger partial charge is 0.328 e. The first-order valence-corrected chi connectivity index (χ1v) is 22.4. The van der Waals surface area contributed by atoms with E-state index in [-0.39, 0.29) is 23.9 Å². The molecule has 3 fully saturated rings. The van der Waals surface area contributed by atoms with Crippen molar-refractivity contribution in [2.75, 3.05) is 86.0 Å². The van der Waals surface area contributed by atoms with Gasteiger partial charge in [-0.25, -0.2) is 9.48 Å². The number of aromatic nitrogens is 2. The molecule has 15 nitrogen and oxygen atoms in total. The number of hydrogen-bond donors (Lipinski definition) is 3. The Balaban J connectivity index is 0.731. The average Bonchev–Trinajstić information content (AvgIpc) is 3.72. The number of piperazine rings is 1. The molecule has 0 bridgehead atoms. The van der Waals surface area contributed by atoms with E-state index < -0.39 is 5.91 Å². The van der Waals surface area contributed by atoms with Crippen LogP contribution in [0.15, 0.2) is 103 Å². The van der Waals surface area contributed by atoms with Crippen molar-refractivity contribution in [3.8, 4) is 22.8 Å². The molecule has 15 heteroatoms. The van der Waals surface area contributed by atoms with Gasteiger partial charge in [0.25, 0.3) is 5.91 Å². The van der Waals surface area contributed by atoms with Crippen LogP contribution in [0, 0.1) is 5.92 Å². The maximum Gasteiger partial charge on any atom is 0.328 e. The third-order valence-corrected chi connectivity index (χ3v) is 13.0. The number of fused-ring (bicyclic) bond motifs is 1. The van der Waals surface area contributed by atoms with Gasteiger partial charge < -0.3 is 35.4 Å². The topological polar surface area (TPSA) is 162 Å².